The highest BCUT2D eigenvalue weighted by molar-refractivity contribution is 5.97. The third-order valence-corrected chi connectivity index (χ3v) is 6.53. The summed E-state index contributed by atoms with van der Waals surface area (Å²) in [7, 11) is 0. The maximum absolute atomic E-state index is 13.3. The standard InChI is InChI=1S/C31H27NO4/c33-29(25-17-9-3-10-18-25)21-27(23-13-5-1-6-14-23)31(32(35)36)28(24-15-7-2-8-16-24)22-30(34)26-19-11-4-12-20-26/h1-20,27-28,31H,21-22H2. The van der Waals surface area contributed by atoms with Gasteiger partial charge in [-0.2, -0.15) is 0 Å². The molecule has 0 radical (unpaired) electrons. The first-order valence-electron chi connectivity index (χ1n) is 11.9. The van der Waals surface area contributed by atoms with E-state index in [0.29, 0.717) is 22.3 Å². The molecule has 5 heteroatoms. The van der Waals surface area contributed by atoms with Crippen molar-refractivity contribution >= 4 is 11.6 Å². The van der Waals surface area contributed by atoms with Crippen LogP contribution in [0.5, 0.6) is 0 Å². The molecule has 36 heavy (non-hydrogen) atoms. The fourth-order valence-electron chi connectivity index (χ4n) is 4.73. The number of nitro groups is 1. The van der Waals surface area contributed by atoms with Gasteiger partial charge in [-0.25, -0.2) is 0 Å². The molecular weight excluding hydrogens is 450 g/mol. The molecular formula is C31H27NO4. The van der Waals surface area contributed by atoms with E-state index in [1.165, 1.54) is 0 Å². The SMILES string of the molecule is O=C(CC(c1ccccc1)C(C(CC(=O)c1ccccc1)c1ccccc1)[N+](=O)[O-])c1ccccc1. The number of hydrogen-bond donors (Lipinski definition) is 0. The number of carbonyl (C=O) groups is 2. The second-order valence-corrected chi connectivity index (χ2v) is 8.80. The maximum Gasteiger partial charge on any atom is 0.227 e. The molecule has 0 fully saturated rings. The number of Topliss-reactive ketones (excluding diaryl/α,β-unsaturated/α-hetero) is 2. The quantitative estimate of drug-likeness (QED) is 0.136. The van der Waals surface area contributed by atoms with Gasteiger partial charge >= 0.3 is 0 Å². The van der Waals surface area contributed by atoms with Crippen molar-refractivity contribution in [3.8, 4) is 0 Å². The molecule has 0 aliphatic rings. The fraction of sp³-hybridized carbons (Fsp3) is 0.161. The molecule has 0 aromatic heterocycles. The van der Waals surface area contributed by atoms with Gasteiger partial charge in [0.05, 0.1) is 11.8 Å². The van der Waals surface area contributed by atoms with E-state index in [2.05, 4.69) is 0 Å². The van der Waals surface area contributed by atoms with Gasteiger partial charge in [-0.1, -0.05) is 121 Å². The number of nitrogens with zero attached hydrogens (tertiary/aromatic N) is 1. The van der Waals surface area contributed by atoms with Gasteiger partial charge in [-0.15, -0.1) is 0 Å². The lowest BCUT2D eigenvalue weighted by atomic mass is 9.75. The van der Waals surface area contributed by atoms with Crippen LogP contribution in [0.4, 0.5) is 0 Å². The minimum atomic E-state index is -1.19. The van der Waals surface area contributed by atoms with E-state index in [1.807, 2.05) is 72.8 Å². The van der Waals surface area contributed by atoms with Gasteiger partial charge in [0.1, 0.15) is 0 Å². The summed E-state index contributed by atoms with van der Waals surface area (Å²) in [6, 6.07) is 34.7. The number of hydrogen-bond acceptors (Lipinski definition) is 4. The zero-order chi connectivity index (χ0) is 25.3. The number of benzene rings is 4. The van der Waals surface area contributed by atoms with Crippen molar-refractivity contribution in [2.24, 2.45) is 0 Å². The molecule has 2 atom stereocenters. The molecule has 2 unspecified atom stereocenters. The van der Waals surface area contributed by atoms with E-state index >= 15 is 0 Å². The summed E-state index contributed by atoms with van der Waals surface area (Å²) in [5.74, 6) is -1.78. The van der Waals surface area contributed by atoms with Crippen LogP contribution in [0.1, 0.15) is 56.5 Å². The van der Waals surface area contributed by atoms with Gasteiger partial charge in [-0.05, 0) is 11.1 Å². The predicted octanol–water partition coefficient (Wildman–Crippen LogP) is 6.75. The Morgan fingerprint density at radius 3 is 1.17 bits per heavy atom. The Bertz CT molecular complexity index is 1190. The van der Waals surface area contributed by atoms with Crippen molar-refractivity contribution in [3.63, 3.8) is 0 Å². The van der Waals surface area contributed by atoms with Crippen LogP contribution in [-0.4, -0.2) is 22.5 Å². The Labute approximate surface area is 210 Å². The zero-order valence-electron chi connectivity index (χ0n) is 19.8. The van der Waals surface area contributed by atoms with E-state index in [9.17, 15) is 19.7 Å². The Kier molecular flexibility index (Phi) is 8.14. The van der Waals surface area contributed by atoms with Gasteiger partial charge in [0.25, 0.3) is 0 Å². The van der Waals surface area contributed by atoms with E-state index < -0.39 is 17.9 Å². The summed E-state index contributed by atoms with van der Waals surface area (Å²) < 4.78 is 0. The normalized spacial score (nSPS) is 13.3. The van der Waals surface area contributed by atoms with Crippen LogP contribution in [0, 0.1) is 10.1 Å². The predicted molar refractivity (Wildman–Crippen MR) is 140 cm³/mol. The Hall–Kier alpha value is -4.38. The third-order valence-electron chi connectivity index (χ3n) is 6.53. The van der Waals surface area contributed by atoms with Crippen LogP contribution in [0.2, 0.25) is 0 Å². The topological polar surface area (TPSA) is 77.3 Å². The summed E-state index contributed by atoms with van der Waals surface area (Å²) in [6.45, 7) is 0. The summed E-state index contributed by atoms with van der Waals surface area (Å²) in [5, 5.41) is 12.7. The lowest BCUT2D eigenvalue weighted by Crippen LogP contribution is -2.36. The Morgan fingerprint density at radius 2 is 0.861 bits per heavy atom. The van der Waals surface area contributed by atoms with Crippen molar-refractivity contribution in [2.75, 3.05) is 0 Å². The van der Waals surface area contributed by atoms with Gasteiger partial charge < -0.3 is 0 Å². The van der Waals surface area contributed by atoms with Crippen molar-refractivity contribution in [1.82, 2.24) is 0 Å². The fourth-order valence-corrected chi connectivity index (χ4v) is 4.73. The molecule has 0 bridgehead atoms. The highest BCUT2D eigenvalue weighted by atomic mass is 16.6. The van der Waals surface area contributed by atoms with E-state index in [1.54, 1.807) is 48.5 Å². The molecule has 5 nitrogen and oxygen atoms in total. The highest BCUT2D eigenvalue weighted by Crippen LogP contribution is 2.38. The summed E-state index contributed by atoms with van der Waals surface area (Å²) in [6.07, 6.45) is -0.0783. The molecule has 4 aromatic rings. The van der Waals surface area contributed by atoms with Crippen LogP contribution in [0.15, 0.2) is 121 Å². The van der Waals surface area contributed by atoms with Crippen LogP contribution >= 0.6 is 0 Å². The number of rotatable bonds is 11. The van der Waals surface area contributed by atoms with Crippen molar-refractivity contribution in [3.05, 3.63) is 154 Å². The van der Waals surface area contributed by atoms with Crippen LogP contribution < -0.4 is 0 Å². The first-order valence-corrected chi connectivity index (χ1v) is 11.9. The Balaban J connectivity index is 1.77. The lowest BCUT2D eigenvalue weighted by molar-refractivity contribution is -0.531. The summed E-state index contributed by atoms with van der Waals surface area (Å²) in [5.41, 5.74) is 2.43. The lowest BCUT2D eigenvalue weighted by Gasteiger charge is -2.28. The van der Waals surface area contributed by atoms with E-state index in [0.717, 1.165) is 0 Å². The largest absolute Gasteiger partial charge is 0.294 e. The molecule has 0 amide bonds. The highest BCUT2D eigenvalue weighted by Gasteiger charge is 2.42. The van der Waals surface area contributed by atoms with Gasteiger partial charge in [-0.3, -0.25) is 19.7 Å². The van der Waals surface area contributed by atoms with Crippen LogP contribution in [0.3, 0.4) is 0 Å². The van der Waals surface area contributed by atoms with Crippen LogP contribution in [0.25, 0.3) is 0 Å². The second-order valence-electron chi connectivity index (χ2n) is 8.80. The maximum atomic E-state index is 13.3. The first kappa shape index (κ1) is 24.7. The smallest absolute Gasteiger partial charge is 0.227 e. The zero-order valence-corrected chi connectivity index (χ0v) is 19.8. The van der Waals surface area contributed by atoms with Gasteiger partial charge in [0.2, 0.25) is 6.04 Å². The van der Waals surface area contributed by atoms with Crippen molar-refractivity contribution in [2.45, 2.75) is 30.7 Å². The molecule has 0 saturated heterocycles. The monoisotopic (exact) mass is 477 g/mol. The van der Waals surface area contributed by atoms with Crippen LogP contribution in [-0.2, 0) is 0 Å². The minimum absolute atomic E-state index is 0.0392. The molecule has 0 spiro atoms. The average molecular weight is 478 g/mol. The number of ketones is 2. The van der Waals surface area contributed by atoms with Crippen molar-refractivity contribution < 1.29 is 14.5 Å². The molecule has 0 heterocycles. The van der Waals surface area contributed by atoms with Gasteiger partial charge in [0.15, 0.2) is 11.6 Å². The van der Waals surface area contributed by atoms with Crippen molar-refractivity contribution in [1.29, 1.82) is 0 Å². The molecule has 180 valence electrons. The molecule has 0 aliphatic carbocycles. The second kappa shape index (κ2) is 11.8. The molecule has 0 saturated carbocycles. The molecule has 4 rings (SSSR count). The first-order chi connectivity index (χ1) is 17.5. The van der Waals surface area contributed by atoms with E-state index in [-0.39, 0.29) is 29.3 Å². The Morgan fingerprint density at radius 1 is 0.556 bits per heavy atom. The third kappa shape index (κ3) is 5.99. The summed E-state index contributed by atoms with van der Waals surface area (Å²) in [4.78, 5) is 39.0. The van der Waals surface area contributed by atoms with E-state index in [4.69, 9.17) is 0 Å². The average Bonchev–Trinajstić information content (AvgIpc) is 2.93. The molecule has 4 aromatic carbocycles. The molecule has 0 aliphatic heterocycles. The van der Waals surface area contributed by atoms with Gasteiger partial charge in [0, 0.05) is 28.9 Å². The minimum Gasteiger partial charge on any atom is -0.294 e. The number of carbonyl (C=O) groups excluding carboxylic acids is 2. The summed E-state index contributed by atoms with van der Waals surface area (Å²) >= 11 is 0. The molecule has 0 N–H and O–H groups in total.